The van der Waals surface area contributed by atoms with E-state index in [0.717, 1.165) is 28.3 Å². The molecule has 2 aromatic carbocycles. The second kappa shape index (κ2) is 6.86. The molecule has 1 saturated carbocycles. The first-order valence-corrected chi connectivity index (χ1v) is 8.56. The topological polar surface area (TPSA) is 29.5 Å². The summed E-state index contributed by atoms with van der Waals surface area (Å²) in [5.74, 6) is 1.23. The van der Waals surface area contributed by atoms with Crippen molar-refractivity contribution in [1.29, 1.82) is 0 Å². The van der Waals surface area contributed by atoms with Gasteiger partial charge in [-0.1, -0.05) is 48.0 Å². The molecular weight excluding hydrogens is 322 g/mol. The van der Waals surface area contributed by atoms with Crippen molar-refractivity contribution in [3.63, 3.8) is 0 Å². The summed E-state index contributed by atoms with van der Waals surface area (Å²) < 4.78 is 5.42. The molecule has 1 amide bonds. The largest absolute Gasteiger partial charge is 0.496 e. The molecule has 4 heteroatoms. The highest BCUT2D eigenvalue weighted by Gasteiger charge is 2.46. The van der Waals surface area contributed by atoms with Crippen molar-refractivity contribution in [2.75, 3.05) is 14.2 Å². The number of nitrogens with zero attached hydrogens (tertiary/aromatic N) is 1. The molecule has 0 heterocycles. The van der Waals surface area contributed by atoms with Gasteiger partial charge in [-0.15, -0.1) is 0 Å². The fourth-order valence-corrected chi connectivity index (χ4v) is 3.54. The van der Waals surface area contributed by atoms with Gasteiger partial charge in [0.1, 0.15) is 5.75 Å². The molecule has 0 bridgehead atoms. The Morgan fingerprint density at radius 2 is 1.88 bits per heavy atom. The highest BCUT2D eigenvalue weighted by Crippen LogP contribution is 2.51. The fraction of sp³-hybridized carbons (Fsp3) is 0.350. The number of carbonyl (C=O) groups excluding carboxylic acids is 1. The Bertz CT molecular complexity index is 746. The summed E-state index contributed by atoms with van der Waals surface area (Å²) in [6.07, 6.45) is 0.867. The molecule has 3 rings (SSSR count). The number of methoxy groups -OCH3 is 1. The number of hydrogen-bond acceptors (Lipinski definition) is 2. The van der Waals surface area contributed by atoms with Gasteiger partial charge in [-0.25, -0.2) is 0 Å². The maximum absolute atomic E-state index is 12.9. The van der Waals surface area contributed by atoms with Crippen molar-refractivity contribution < 1.29 is 9.53 Å². The number of hydrogen-bond donors (Lipinski definition) is 0. The number of ether oxygens (including phenoxy) is 1. The van der Waals surface area contributed by atoms with Crippen LogP contribution in [-0.4, -0.2) is 25.0 Å². The Morgan fingerprint density at radius 3 is 2.58 bits per heavy atom. The van der Waals surface area contributed by atoms with Gasteiger partial charge in [-0.2, -0.15) is 0 Å². The van der Waals surface area contributed by atoms with E-state index in [2.05, 4.69) is 0 Å². The van der Waals surface area contributed by atoms with Gasteiger partial charge >= 0.3 is 0 Å². The van der Waals surface area contributed by atoms with E-state index in [1.54, 1.807) is 7.11 Å². The minimum atomic E-state index is -0.0406. The first-order valence-electron chi connectivity index (χ1n) is 8.18. The van der Waals surface area contributed by atoms with Crippen LogP contribution in [0, 0.1) is 5.92 Å². The zero-order chi connectivity index (χ0) is 17.3. The summed E-state index contributed by atoms with van der Waals surface area (Å²) >= 11 is 6.27. The molecule has 126 valence electrons. The SMILES string of the molecule is COc1ccccc1C(C)N(C)C(=O)C1CC1c1ccccc1Cl. The van der Waals surface area contributed by atoms with Gasteiger partial charge < -0.3 is 9.64 Å². The molecular formula is C20H22ClNO2. The van der Waals surface area contributed by atoms with Crippen LogP contribution >= 0.6 is 11.6 Å². The van der Waals surface area contributed by atoms with Crippen molar-refractivity contribution in [3.8, 4) is 5.75 Å². The summed E-state index contributed by atoms with van der Waals surface area (Å²) in [5.41, 5.74) is 2.10. The van der Waals surface area contributed by atoms with Crippen LogP contribution in [0.4, 0.5) is 0 Å². The minimum absolute atomic E-state index is 0.0204. The molecule has 0 saturated heterocycles. The number of rotatable bonds is 5. The second-order valence-corrected chi connectivity index (χ2v) is 6.74. The zero-order valence-electron chi connectivity index (χ0n) is 14.2. The van der Waals surface area contributed by atoms with Crippen LogP contribution in [0.2, 0.25) is 5.02 Å². The Balaban J connectivity index is 1.73. The Hall–Kier alpha value is -2.00. The summed E-state index contributed by atoms with van der Waals surface area (Å²) in [6.45, 7) is 2.03. The molecule has 0 aromatic heterocycles. The molecule has 3 nitrogen and oxygen atoms in total. The number of benzene rings is 2. The van der Waals surface area contributed by atoms with E-state index in [-0.39, 0.29) is 23.8 Å². The van der Waals surface area contributed by atoms with Crippen LogP contribution in [0.5, 0.6) is 5.75 Å². The highest BCUT2D eigenvalue weighted by molar-refractivity contribution is 6.31. The van der Waals surface area contributed by atoms with E-state index in [1.165, 1.54) is 0 Å². The third kappa shape index (κ3) is 3.13. The van der Waals surface area contributed by atoms with Crippen LogP contribution in [0.1, 0.15) is 36.4 Å². The van der Waals surface area contributed by atoms with Gasteiger partial charge in [-0.05, 0) is 37.0 Å². The van der Waals surface area contributed by atoms with Crippen molar-refractivity contribution in [2.45, 2.75) is 25.3 Å². The van der Waals surface area contributed by atoms with Gasteiger partial charge in [0.05, 0.1) is 13.2 Å². The van der Waals surface area contributed by atoms with E-state index < -0.39 is 0 Å². The molecule has 0 radical (unpaired) electrons. The Kier molecular flexibility index (Phi) is 4.81. The molecule has 0 spiro atoms. The molecule has 1 aliphatic rings. The summed E-state index contributed by atoms with van der Waals surface area (Å²) in [6, 6.07) is 15.6. The predicted octanol–water partition coefficient (Wildman–Crippen LogP) is 4.67. The first-order chi connectivity index (χ1) is 11.5. The summed E-state index contributed by atoms with van der Waals surface area (Å²) in [4.78, 5) is 14.7. The molecule has 1 fully saturated rings. The van der Waals surface area contributed by atoms with Crippen LogP contribution in [0.15, 0.2) is 48.5 Å². The van der Waals surface area contributed by atoms with Gasteiger partial charge in [0.25, 0.3) is 0 Å². The quantitative estimate of drug-likeness (QED) is 0.789. The lowest BCUT2D eigenvalue weighted by Gasteiger charge is -2.27. The predicted molar refractivity (Wildman–Crippen MR) is 96.5 cm³/mol. The first kappa shape index (κ1) is 16.8. The van der Waals surface area contributed by atoms with Crippen molar-refractivity contribution in [2.24, 2.45) is 5.92 Å². The lowest BCUT2D eigenvalue weighted by atomic mass is 10.0. The standard InChI is InChI=1S/C20H22ClNO2/c1-13(14-8-5-7-11-19(14)24-3)22(2)20(23)17-12-16(17)15-9-4-6-10-18(15)21/h4-11,13,16-17H,12H2,1-3H3. The van der Waals surface area contributed by atoms with Crippen LogP contribution in [0.3, 0.4) is 0 Å². The average molecular weight is 344 g/mol. The normalized spacial score (nSPS) is 20.3. The van der Waals surface area contributed by atoms with Gasteiger partial charge in [0, 0.05) is 23.6 Å². The number of carbonyl (C=O) groups is 1. The Labute approximate surface area is 148 Å². The maximum atomic E-state index is 12.9. The molecule has 0 N–H and O–H groups in total. The Morgan fingerprint density at radius 1 is 1.21 bits per heavy atom. The summed E-state index contributed by atoms with van der Waals surface area (Å²) in [7, 11) is 3.52. The number of halogens is 1. The molecule has 1 aliphatic carbocycles. The van der Waals surface area contributed by atoms with Crippen LogP contribution in [0.25, 0.3) is 0 Å². The number of para-hydroxylation sites is 1. The average Bonchev–Trinajstić information content (AvgIpc) is 3.40. The zero-order valence-corrected chi connectivity index (χ0v) is 15.0. The molecule has 2 aromatic rings. The van der Waals surface area contributed by atoms with E-state index in [9.17, 15) is 4.79 Å². The monoisotopic (exact) mass is 343 g/mol. The summed E-state index contributed by atoms with van der Waals surface area (Å²) in [5, 5.41) is 0.748. The minimum Gasteiger partial charge on any atom is -0.496 e. The highest BCUT2D eigenvalue weighted by atomic mass is 35.5. The van der Waals surface area contributed by atoms with Crippen molar-refractivity contribution in [3.05, 3.63) is 64.7 Å². The fourth-order valence-electron chi connectivity index (χ4n) is 3.26. The molecule has 3 atom stereocenters. The smallest absolute Gasteiger partial charge is 0.226 e. The molecule has 3 unspecified atom stereocenters. The lowest BCUT2D eigenvalue weighted by Crippen LogP contribution is -2.31. The van der Waals surface area contributed by atoms with E-state index in [0.29, 0.717) is 0 Å². The number of amides is 1. The van der Waals surface area contributed by atoms with E-state index in [1.807, 2.05) is 67.4 Å². The molecule has 24 heavy (non-hydrogen) atoms. The van der Waals surface area contributed by atoms with Crippen LogP contribution < -0.4 is 4.74 Å². The second-order valence-electron chi connectivity index (χ2n) is 6.34. The lowest BCUT2D eigenvalue weighted by molar-refractivity contribution is -0.133. The molecule has 0 aliphatic heterocycles. The van der Waals surface area contributed by atoms with Crippen molar-refractivity contribution >= 4 is 17.5 Å². The van der Waals surface area contributed by atoms with E-state index in [4.69, 9.17) is 16.3 Å². The third-order valence-electron chi connectivity index (χ3n) is 4.93. The van der Waals surface area contributed by atoms with Crippen molar-refractivity contribution in [1.82, 2.24) is 4.90 Å². The van der Waals surface area contributed by atoms with Gasteiger partial charge in [0.15, 0.2) is 0 Å². The van der Waals surface area contributed by atoms with E-state index >= 15 is 0 Å². The maximum Gasteiger partial charge on any atom is 0.226 e. The third-order valence-corrected chi connectivity index (χ3v) is 5.27. The van der Waals surface area contributed by atoms with Gasteiger partial charge in [0.2, 0.25) is 5.91 Å². The van der Waals surface area contributed by atoms with Crippen LogP contribution in [-0.2, 0) is 4.79 Å². The van der Waals surface area contributed by atoms with Gasteiger partial charge in [-0.3, -0.25) is 4.79 Å².